The molecule has 1 N–H and O–H groups in total. The Balaban J connectivity index is 1.74. The molecule has 4 nitrogen and oxygen atoms in total. The molecule has 6 heteroatoms. The van der Waals surface area contributed by atoms with E-state index >= 15 is 0 Å². The number of benzene rings is 1. The molecule has 4 rings (SSSR count). The van der Waals surface area contributed by atoms with Crippen LogP contribution in [-0.2, 0) is 4.79 Å². The van der Waals surface area contributed by atoms with Gasteiger partial charge in [-0.25, -0.2) is 4.79 Å². The van der Waals surface area contributed by atoms with Crippen LogP contribution < -0.4 is 0 Å². The lowest BCUT2D eigenvalue weighted by molar-refractivity contribution is -0.141. The van der Waals surface area contributed by atoms with Crippen LogP contribution in [0.4, 0.5) is 0 Å². The second-order valence-electron chi connectivity index (χ2n) is 5.40. The third-order valence-corrected chi connectivity index (χ3v) is 6.46. The van der Waals surface area contributed by atoms with Gasteiger partial charge in [0.1, 0.15) is 6.04 Å². The topological polar surface area (TPSA) is 57.6 Å². The highest BCUT2D eigenvalue weighted by atomic mass is 32.1. The van der Waals surface area contributed by atoms with Gasteiger partial charge in [0.2, 0.25) is 0 Å². The second kappa shape index (κ2) is 5.07. The number of carboxylic acid groups (broad SMARTS) is 1. The number of amides is 1. The van der Waals surface area contributed by atoms with Crippen LogP contribution in [0.3, 0.4) is 0 Å². The number of hydrogen-bond acceptors (Lipinski definition) is 4. The van der Waals surface area contributed by atoms with E-state index in [4.69, 9.17) is 0 Å². The Kier molecular flexibility index (Phi) is 3.16. The summed E-state index contributed by atoms with van der Waals surface area (Å²) in [6.45, 7) is 0.530. The van der Waals surface area contributed by atoms with Gasteiger partial charge in [-0.3, -0.25) is 4.79 Å². The molecule has 0 spiro atoms. The van der Waals surface area contributed by atoms with Gasteiger partial charge in [-0.15, -0.1) is 22.7 Å². The van der Waals surface area contributed by atoms with Crippen molar-refractivity contribution in [2.24, 2.45) is 0 Å². The van der Waals surface area contributed by atoms with Crippen molar-refractivity contribution in [1.29, 1.82) is 0 Å². The molecule has 1 fully saturated rings. The summed E-state index contributed by atoms with van der Waals surface area (Å²) in [5.74, 6) is -1.06. The zero-order valence-corrected chi connectivity index (χ0v) is 13.2. The first kappa shape index (κ1) is 13.7. The molecule has 3 heterocycles. The molecule has 0 radical (unpaired) electrons. The van der Waals surface area contributed by atoms with Crippen molar-refractivity contribution in [3.05, 3.63) is 35.2 Å². The van der Waals surface area contributed by atoms with E-state index in [0.717, 1.165) is 15.8 Å². The summed E-state index contributed by atoms with van der Waals surface area (Å²) in [4.78, 5) is 26.0. The van der Waals surface area contributed by atoms with E-state index in [1.807, 2.05) is 18.2 Å². The molecule has 1 aliphatic heterocycles. The number of likely N-dealkylation sites (tertiary alicyclic amines) is 1. The van der Waals surface area contributed by atoms with E-state index in [2.05, 4.69) is 12.1 Å². The summed E-state index contributed by atoms with van der Waals surface area (Å²) in [7, 11) is 0. The highest BCUT2D eigenvalue weighted by Gasteiger charge is 2.35. The van der Waals surface area contributed by atoms with Crippen molar-refractivity contribution >= 4 is 54.0 Å². The van der Waals surface area contributed by atoms with E-state index in [9.17, 15) is 14.7 Å². The molecule has 1 aliphatic rings. The number of rotatable bonds is 2. The largest absolute Gasteiger partial charge is 0.480 e. The Bertz CT molecular complexity index is 895. The molecule has 0 bridgehead atoms. The minimum atomic E-state index is -0.908. The van der Waals surface area contributed by atoms with E-state index in [0.29, 0.717) is 17.8 Å². The maximum Gasteiger partial charge on any atom is 0.326 e. The van der Waals surface area contributed by atoms with Gasteiger partial charge in [-0.2, -0.15) is 0 Å². The molecule has 3 aromatic rings. The first-order valence-corrected chi connectivity index (χ1v) is 8.73. The SMILES string of the molecule is O=C(O)[C@H]1CCCN1C(=O)c1cc2sc3ccccc3c2s1. The smallest absolute Gasteiger partial charge is 0.326 e. The van der Waals surface area contributed by atoms with Gasteiger partial charge < -0.3 is 10.0 Å². The number of fused-ring (bicyclic) bond motifs is 3. The van der Waals surface area contributed by atoms with Crippen LogP contribution in [0.25, 0.3) is 19.5 Å². The predicted molar refractivity (Wildman–Crippen MR) is 88.9 cm³/mol. The zero-order chi connectivity index (χ0) is 15.3. The average molecular weight is 331 g/mol. The molecule has 1 saturated heterocycles. The molecular formula is C16H13NO3S2. The van der Waals surface area contributed by atoms with Crippen LogP contribution in [-0.4, -0.2) is 34.5 Å². The number of carboxylic acids is 1. The fourth-order valence-corrected chi connectivity index (χ4v) is 5.49. The van der Waals surface area contributed by atoms with Gasteiger partial charge in [0.05, 0.1) is 9.58 Å². The minimum Gasteiger partial charge on any atom is -0.480 e. The maximum atomic E-state index is 12.6. The van der Waals surface area contributed by atoms with Crippen molar-refractivity contribution in [2.75, 3.05) is 6.54 Å². The highest BCUT2D eigenvalue weighted by molar-refractivity contribution is 7.33. The monoisotopic (exact) mass is 331 g/mol. The van der Waals surface area contributed by atoms with Crippen LogP contribution in [0.5, 0.6) is 0 Å². The number of carbonyl (C=O) groups is 2. The van der Waals surface area contributed by atoms with Crippen molar-refractivity contribution in [3.8, 4) is 0 Å². The van der Waals surface area contributed by atoms with E-state index in [1.165, 1.54) is 26.3 Å². The Morgan fingerprint density at radius 1 is 1.18 bits per heavy atom. The molecule has 22 heavy (non-hydrogen) atoms. The van der Waals surface area contributed by atoms with Gasteiger partial charge in [-0.05, 0) is 25.0 Å². The summed E-state index contributed by atoms with van der Waals surface area (Å²) in [6, 6.07) is 9.38. The lowest BCUT2D eigenvalue weighted by atomic mass is 10.2. The molecule has 1 aromatic carbocycles. The van der Waals surface area contributed by atoms with Crippen LogP contribution in [0.2, 0.25) is 0 Å². The van der Waals surface area contributed by atoms with Gasteiger partial charge in [-0.1, -0.05) is 18.2 Å². The predicted octanol–water partition coefficient (Wildman–Crippen LogP) is 3.81. The summed E-state index contributed by atoms with van der Waals surface area (Å²) in [5, 5.41) is 10.4. The standard InChI is InChI=1S/C16H13NO3S2/c18-15(17-7-3-5-10(17)16(19)20)13-8-12-14(22-13)9-4-1-2-6-11(9)21-12/h1-2,4,6,8,10H,3,5,7H2,(H,19,20)/t10-/m1/s1. The van der Waals surface area contributed by atoms with Crippen LogP contribution in [0.1, 0.15) is 22.5 Å². The van der Waals surface area contributed by atoms with Crippen molar-refractivity contribution < 1.29 is 14.7 Å². The molecule has 112 valence electrons. The minimum absolute atomic E-state index is 0.151. The van der Waals surface area contributed by atoms with Crippen LogP contribution in [0.15, 0.2) is 30.3 Å². The summed E-state index contributed by atoms with van der Waals surface area (Å²) < 4.78 is 3.43. The van der Waals surface area contributed by atoms with Gasteiger partial charge in [0.25, 0.3) is 5.91 Å². The van der Waals surface area contributed by atoms with Crippen LogP contribution in [0, 0.1) is 0 Å². The molecule has 1 amide bonds. The lowest BCUT2D eigenvalue weighted by Crippen LogP contribution is -2.40. The molecule has 0 saturated carbocycles. The number of carbonyl (C=O) groups excluding carboxylic acids is 1. The lowest BCUT2D eigenvalue weighted by Gasteiger charge is -2.20. The average Bonchev–Trinajstić information content (AvgIpc) is 3.20. The number of aliphatic carboxylic acids is 1. The quantitative estimate of drug-likeness (QED) is 0.777. The maximum absolute atomic E-state index is 12.6. The zero-order valence-electron chi connectivity index (χ0n) is 11.6. The Labute approximate surface area is 134 Å². The number of nitrogens with zero attached hydrogens (tertiary/aromatic N) is 1. The number of thiophene rings is 2. The summed E-state index contributed by atoms with van der Waals surface area (Å²) >= 11 is 3.14. The van der Waals surface area contributed by atoms with Gasteiger partial charge >= 0.3 is 5.97 Å². The van der Waals surface area contributed by atoms with Crippen LogP contribution >= 0.6 is 22.7 Å². The van der Waals surface area contributed by atoms with E-state index < -0.39 is 12.0 Å². The molecule has 1 atom stereocenters. The van der Waals surface area contributed by atoms with Gasteiger partial charge in [0.15, 0.2) is 0 Å². The van der Waals surface area contributed by atoms with Crippen molar-refractivity contribution in [2.45, 2.75) is 18.9 Å². The summed E-state index contributed by atoms with van der Waals surface area (Å²) in [6.07, 6.45) is 1.30. The van der Waals surface area contributed by atoms with E-state index in [1.54, 1.807) is 11.3 Å². The Morgan fingerprint density at radius 3 is 2.82 bits per heavy atom. The fraction of sp³-hybridized carbons (Fsp3) is 0.250. The van der Waals surface area contributed by atoms with Crippen molar-refractivity contribution in [1.82, 2.24) is 4.90 Å². The van der Waals surface area contributed by atoms with Crippen molar-refractivity contribution in [3.63, 3.8) is 0 Å². The number of hydrogen-bond donors (Lipinski definition) is 1. The molecular weight excluding hydrogens is 318 g/mol. The fourth-order valence-electron chi connectivity index (χ4n) is 3.01. The molecule has 0 aliphatic carbocycles. The molecule has 2 aromatic heterocycles. The highest BCUT2D eigenvalue weighted by Crippen LogP contribution is 2.40. The third-order valence-electron chi connectivity index (χ3n) is 4.06. The van der Waals surface area contributed by atoms with Gasteiger partial charge in [0, 0.05) is 21.3 Å². The Morgan fingerprint density at radius 2 is 2.00 bits per heavy atom. The third kappa shape index (κ3) is 2.02. The normalized spacial score (nSPS) is 18.4. The first-order chi connectivity index (χ1) is 10.6. The molecule has 0 unspecified atom stereocenters. The van der Waals surface area contributed by atoms with E-state index in [-0.39, 0.29) is 5.91 Å². The Hall–Kier alpha value is -1.92. The first-order valence-electron chi connectivity index (χ1n) is 7.10. The summed E-state index contributed by atoms with van der Waals surface area (Å²) in [5.41, 5.74) is 0. The second-order valence-corrected chi connectivity index (χ2v) is 7.53.